The van der Waals surface area contributed by atoms with E-state index < -0.39 is 18.6 Å². The first-order valence-corrected chi connectivity index (χ1v) is 11.2. The summed E-state index contributed by atoms with van der Waals surface area (Å²) in [5.74, 6) is -1.33. The van der Waals surface area contributed by atoms with Crippen molar-refractivity contribution in [2.45, 2.75) is 26.3 Å². The standard InChI is InChI=1S/C27H27N3O4/c1-3-30(25-14-8-10-19-9-4-5-12-22(19)25)26(32)17-34-27(33)24(29-18(2)31)15-20-16-28-23-13-7-6-11-21(20)23/h4-14,16,24,28H,3,15,17H2,1-2H3,(H,29,31)/t24-/m0/s1. The van der Waals surface area contributed by atoms with Crippen LogP contribution in [0.25, 0.3) is 21.7 Å². The molecule has 0 saturated heterocycles. The molecule has 0 unspecified atom stereocenters. The first-order chi connectivity index (χ1) is 16.5. The highest BCUT2D eigenvalue weighted by atomic mass is 16.5. The number of carbonyl (C=O) groups excluding carboxylic acids is 3. The highest BCUT2D eigenvalue weighted by Crippen LogP contribution is 2.27. The van der Waals surface area contributed by atoms with Crippen LogP contribution in [-0.2, 0) is 25.5 Å². The highest BCUT2D eigenvalue weighted by molar-refractivity contribution is 6.04. The molecule has 0 aliphatic heterocycles. The van der Waals surface area contributed by atoms with Crippen LogP contribution in [0.3, 0.4) is 0 Å². The smallest absolute Gasteiger partial charge is 0.329 e. The van der Waals surface area contributed by atoms with Crippen LogP contribution in [0, 0.1) is 0 Å². The van der Waals surface area contributed by atoms with Crippen molar-refractivity contribution < 1.29 is 19.1 Å². The van der Waals surface area contributed by atoms with E-state index >= 15 is 0 Å². The Morgan fingerprint density at radius 1 is 0.971 bits per heavy atom. The number of hydrogen-bond acceptors (Lipinski definition) is 4. The average molecular weight is 458 g/mol. The Morgan fingerprint density at radius 3 is 2.44 bits per heavy atom. The van der Waals surface area contributed by atoms with Gasteiger partial charge in [-0.1, -0.05) is 54.6 Å². The molecule has 7 heteroatoms. The molecule has 1 atom stereocenters. The number of carbonyl (C=O) groups is 3. The van der Waals surface area contributed by atoms with Crippen LogP contribution in [0.4, 0.5) is 5.69 Å². The van der Waals surface area contributed by atoms with E-state index in [-0.39, 0.29) is 18.2 Å². The molecular weight excluding hydrogens is 430 g/mol. The molecule has 4 rings (SSSR count). The number of nitrogens with one attached hydrogen (secondary N) is 2. The SMILES string of the molecule is CCN(C(=O)COC(=O)[C@H](Cc1c[nH]c2ccccc12)NC(C)=O)c1cccc2ccccc12. The number of aromatic nitrogens is 1. The molecular formula is C27H27N3O4. The maximum atomic E-state index is 13.0. The summed E-state index contributed by atoms with van der Waals surface area (Å²) in [6.45, 7) is 3.23. The van der Waals surface area contributed by atoms with E-state index in [2.05, 4.69) is 10.3 Å². The number of rotatable bonds is 8. The summed E-state index contributed by atoms with van der Waals surface area (Å²) in [6.07, 6.45) is 2.06. The van der Waals surface area contributed by atoms with Crippen molar-refractivity contribution in [3.05, 3.63) is 78.5 Å². The van der Waals surface area contributed by atoms with Gasteiger partial charge >= 0.3 is 5.97 Å². The Kier molecular flexibility index (Phi) is 6.92. The molecule has 174 valence electrons. The van der Waals surface area contributed by atoms with Crippen LogP contribution in [0.5, 0.6) is 0 Å². The van der Waals surface area contributed by atoms with Gasteiger partial charge in [-0.05, 0) is 30.0 Å². The molecule has 3 aromatic carbocycles. The Labute approximate surface area is 197 Å². The maximum absolute atomic E-state index is 13.0. The third-order valence-corrected chi connectivity index (χ3v) is 5.77. The minimum Gasteiger partial charge on any atom is -0.454 e. The second-order valence-electron chi connectivity index (χ2n) is 8.06. The number of esters is 1. The largest absolute Gasteiger partial charge is 0.454 e. The minimum atomic E-state index is -0.905. The number of H-pyrrole nitrogens is 1. The van der Waals surface area contributed by atoms with Crippen LogP contribution in [0.2, 0.25) is 0 Å². The van der Waals surface area contributed by atoms with Crippen molar-refractivity contribution in [2.75, 3.05) is 18.1 Å². The molecule has 7 nitrogen and oxygen atoms in total. The fourth-order valence-corrected chi connectivity index (χ4v) is 4.20. The van der Waals surface area contributed by atoms with Gasteiger partial charge < -0.3 is 19.9 Å². The van der Waals surface area contributed by atoms with Gasteiger partial charge in [-0.2, -0.15) is 0 Å². The number of amides is 2. The molecule has 0 fully saturated rings. The Balaban J connectivity index is 1.48. The summed E-state index contributed by atoms with van der Waals surface area (Å²) in [5.41, 5.74) is 2.58. The average Bonchev–Trinajstić information content (AvgIpc) is 3.25. The fraction of sp³-hybridized carbons (Fsp3) is 0.222. The third-order valence-electron chi connectivity index (χ3n) is 5.77. The number of benzene rings is 3. The minimum absolute atomic E-state index is 0.247. The molecule has 0 bridgehead atoms. The molecule has 0 radical (unpaired) electrons. The second-order valence-corrected chi connectivity index (χ2v) is 8.06. The molecule has 2 N–H and O–H groups in total. The van der Waals surface area contributed by atoms with Crippen LogP contribution in [-0.4, -0.2) is 42.0 Å². The lowest BCUT2D eigenvalue weighted by molar-refractivity contribution is -0.151. The number of fused-ring (bicyclic) bond motifs is 2. The Bertz CT molecular complexity index is 1340. The van der Waals surface area contributed by atoms with E-state index in [1.165, 1.54) is 6.92 Å². The number of likely N-dealkylation sites (N-methyl/N-ethyl adjacent to an activating group) is 1. The van der Waals surface area contributed by atoms with Gasteiger partial charge in [0.05, 0.1) is 5.69 Å². The van der Waals surface area contributed by atoms with Gasteiger partial charge in [0, 0.05) is 42.4 Å². The summed E-state index contributed by atoms with van der Waals surface area (Å²) >= 11 is 0. The highest BCUT2D eigenvalue weighted by Gasteiger charge is 2.25. The number of nitrogens with zero attached hydrogens (tertiary/aromatic N) is 1. The van der Waals surface area contributed by atoms with Gasteiger partial charge in [0.15, 0.2) is 6.61 Å². The van der Waals surface area contributed by atoms with Crippen molar-refractivity contribution >= 4 is 45.1 Å². The van der Waals surface area contributed by atoms with E-state index in [0.717, 1.165) is 32.9 Å². The van der Waals surface area contributed by atoms with E-state index in [4.69, 9.17) is 4.74 Å². The Hall–Kier alpha value is -4.13. The molecule has 0 saturated carbocycles. The molecule has 0 spiro atoms. The van der Waals surface area contributed by atoms with Crippen LogP contribution in [0.1, 0.15) is 19.4 Å². The first-order valence-electron chi connectivity index (χ1n) is 11.2. The van der Waals surface area contributed by atoms with E-state index in [9.17, 15) is 14.4 Å². The predicted molar refractivity (Wildman–Crippen MR) is 133 cm³/mol. The normalized spacial score (nSPS) is 11.8. The summed E-state index contributed by atoms with van der Waals surface area (Å²) in [7, 11) is 0. The zero-order chi connectivity index (χ0) is 24.1. The second kappa shape index (κ2) is 10.2. The zero-order valence-corrected chi connectivity index (χ0v) is 19.2. The van der Waals surface area contributed by atoms with Gasteiger partial charge in [-0.15, -0.1) is 0 Å². The molecule has 2 amide bonds. The van der Waals surface area contributed by atoms with Gasteiger partial charge in [-0.3, -0.25) is 9.59 Å². The summed E-state index contributed by atoms with van der Waals surface area (Å²) in [5, 5.41) is 5.59. The first kappa shape index (κ1) is 23.0. The van der Waals surface area contributed by atoms with Crippen molar-refractivity contribution in [3.63, 3.8) is 0 Å². The lowest BCUT2D eigenvalue weighted by Crippen LogP contribution is -2.44. The summed E-state index contributed by atoms with van der Waals surface area (Å²) in [6, 6.07) is 20.4. The van der Waals surface area contributed by atoms with Gasteiger partial charge in [0.25, 0.3) is 5.91 Å². The number of hydrogen-bond donors (Lipinski definition) is 2. The fourth-order valence-electron chi connectivity index (χ4n) is 4.20. The van der Waals surface area contributed by atoms with Crippen molar-refractivity contribution in [1.29, 1.82) is 0 Å². The number of anilines is 1. The number of para-hydroxylation sites is 1. The zero-order valence-electron chi connectivity index (χ0n) is 19.2. The topological polar surface area (TPSA) is 91.5 Å². The quantitative estimate of drug-likeness (QED) is 0.392. The van der Waals surface area contributed by atoms with Crippen molar-refractivity contribution in [3.8, 4) is 0 Å². The third kappa shape index (κ3) is 4.93. The van der Waals surface area contributed by atoms with Crippen molar-refractivity contribution in [2.24, 2.45) is 0 Å². The maximum Gasteiger partial charge on any atom is 0.329 e. The predicted octanol–water partition coefficient (Wildman–Crippen LogP) is 3.96. The molecule has 0 aliphatic carbocycles. The summed E-state index contributed by atoms with van der Waals surface area (Å²) < 4.78 is 5.39. The Morgan fingerprint density at radius 2 is 1.68 bits per heavy atom. The van der Waals surface area contributed by atoms with Gasteiger partial charge in [0.1, 0.15) is 6.04 Å². The molecule has 4 aromatic rings. The molecule has 0 aliphatic rings. The molecule has 1 aromatic heterocycles. The molecule has 34 heavy (non-hydrogen) atoms. The van der Waals surface area contributed by atoms with Crippen LogP contribution in [0.15, 0.2) is 72.9 Å². The lowest BCUT2D eigenvalue weighted by atomic mass is 10.0. The van der Waals surface area contributed by atoms with Crippen LogP contribution < -0.4 is 10.2 Å². The van der Waals surface area contributed by atoms with Gasteiger partial charge in [-0.25, -0.2) is 4.79 Å². The monoisotopic (exact) mass is 457 g/mol. The van der Waals surface area contributed by atoms with Gasteiger partial charge in [0.2, 0.25) is 5.91 Å². The van der Waals surface area contributed by atoms with E-state index in [1.807, 2.05) is 79.9 Å². The van der Waals surface area contributed by atoms with Crippen LogP contribution >= 0.6 is 0 Å². The van der Waals surface area contributed by atoms with E-state index in [0.29, 0.717) is 6.54 Å². The van der Waals surface area contributed by atoms with E-state index in [1.54, 1.807) is 4.90 Å². The summed E-state index contributed by atoms with van der Waals surface area (Å²) in [4.78, 5) is 42.4. The molecule has 1 heterocycles. The number of ether oxygens (including phenoxy) is 1. The lowest BCUT2D eigenvalue weighted by Gasteiger charge is -2.23. The van der Waals surface area contributed by atoms with Crippen molar-refractivity contribution in [1.82, 2.24) is 10.3 Å². The number of aromatic amines is 1.